The molecule has 140 valence electrons. The number of nitrogens with zero attached hydrogens (tertiary/aromatic N) is 3. The minimum atomic E-state index is -0.135. The number of esters is 1. The molecule has 3 heterocycles. The van der Waals surface area contributed by atoms with E-state index in [1.165, 1.54) is 60.6 Å². The van der Waals surface area contributed by atoms with Crippen molar-refractivity contribution in [2.45, 2.75) is 71.0 Å². The van der Waals surface area contributed by atoms with E-state index in [9.17, 15) is 4.79 Å². The van der Waals surface area contributed by atoms with E-state index in [4.69, 9.17) is 9.73 Å². The fourth-order valence-electron chi connectivity index (χ4n) is 4.50. The molecule has 2 aliphatic heterocycles. The van der Waals surface area contributed by atoms with Gasteiger partial charge in [0.15, 0.2) is 5.17 Å². The summed E-state index contributed by atoms with van der Waals surface area (Å²) in [6.45, 7) is 5.19. The predicted molar refractivity (Wildman–Crippen MR) is 106 cm³/mol. The molecule has 1 fully saturated rings. The molecule has 1 aliphatic carbocycles. The number of aliphatic imine (C=N–C) groups is 1. The number of ether oxygens (including phenoxy) is 1. The summed E-state index contributed by atoms with van der Waals surface area (Å²) in [7, 11) is 1.45. The fraction of sp³-hybridized carbons (Fsp3) is 0.600. The highest BCUT2D eigenvalue weighted by atomic mass is 32.2. The number of thioether (sulfide) groups is 1. The van der Waals surface area contributed by atoms with Crippen molar-refractivity contribution in [3.8, 4) is 0 Å². The Morgan fingerprint density at radius 2 is 2.15 bits per heavy atom. The number of carbonyl (C=O) groups is 1. The third-order valence-electron chi connectivity index (χ3n) is 5.88. The molecule has 4 rings (SSSR count). The maximum atomic E-state index is 11.4. The van der Waals surface area contributed by atoms with Gasteiger partial charge in [0.25, 0.3) is 0 Å². The van der Waals surface area contributed by atoms with E-state index in [0.29, 0.717) is 18.5 Å². The molecule has 26 heavy (non-hydrogen) atoms. The predicted octanol–water partition coefficient (Wildman–Crippen LogP) is 4.09. The topological polar surface area (TPSA) is 46.8 Å². The highest BCUT2D eigenvalue weighted by Gasteiger charge is 2.42. The van der Waals surface area contributed by atoms with Crippen LogP contribution in [-0.4, -0.2) is 39.8 Å². The first-order chi connectivity index (χ1) is 12.6. The van der Waals surface area contributed by atoms with Crippen molar-refractivity contribution in [2.75, 3.05) is 7.11 Å². The molecule has 1 aromatic heterocycles. The number of amidine groups is 1. The normalized spacial score (nSPS) is 24.2. The van der Waals surface area contributed by atoms with E-state index in [1.54, 1.807) is 11.8 Å². The van der Waals surface area contributed by atoms with Crippen molar-refractivity contribution in [2.24, 2.45) is 4.99 Å². The number of hydrogen-bond acceptors (Lipinski definition) is 5. The molecule has 3 aliphatic rings. The van der Waals surface area contributed by atoms with Crippen LogP contribution in [0.5, 0.6) is 0 Å². The van der Waals surface area contributed by atoms with Crippen LogP contribution < -0.4 is 0 Å². The molecular weight excluding hydrogens is 346 g/mol. The van der Waals surface area contributed by atoms with Gasteiger partial charge < -0.3 is 14.2 Å². The summed E-state index contributed by atoms with van der Waals surface area (Å²) in [5.74, 6) is -0.135. The summed E-state index contributed by atoms with van der Waals surface area (Å²) in [6, 6.07) is 3.32. The summed E-state index contributed by atoms with van der Waals surface area (Å²) in [5, 5.41) is 3.46. The quantitative estimate of drug-likeness (QED) is 0.730. The van der Waals surface area contributed by atoms with Crippen molar-refractivity contribution in [1.82, 2.24) is 9.47 Å². The zero-order chi connectivity index (χ0) is 18.3. The highest BCUT2D eigenvalue weighted by Crippen LogP contribution is 2.45. The van der Waals surface area contributed by atoms with E-state index in [-0.39, 0.29) is 5.97 Å². The molecular formula is C20H27N3O2S. The molecule has 0 radical (unpaired) electrons. The van der Waals surface area contributed by atoms with Gasteiger partial charge in [0.05, 0.1) is 24.9 Å². The Hall–Kier alpha value is -1.69. The smallest absolute Gasteiger partial charge is 0.305 e. The summed E-state index contributed by atoms with van der Waals surface area (Å²) in [6.07, 6.45) is 6.36. The van der Waals surface area contributed by atoms with Crippen molar-refractivity contribution >= 4 is 28.6 Å². The molecule has 0 unspecified atom stereocenters. The van der Waals surface area contributed by atoms with E-state index in [0.717, 1.165) is 13.0 Å². The van der Waals surface area contributed by atoms with Crippen LogP contribution in [-0.2, 0) is 16.1 Å². The summed E-state index contributed by atoms with van der Waals surface area (Å²) in [4.78, 5) is 18.9. The third kappa shape index (κ3) is 2.98. The van der Waals surface area contributed by atoms with Gasteiger partial charge in [0.2, 0.25) is 0 Å². The maximum Gasteiger partial charge on any atom is 0.305 e. The van der Waals surface area contributed by atoms with Gasteiger partial charge in [-0.15, -0.1) is 0 Å². The highest BCUT2D eigenvalue weighted by molar-refractivity contribution is 8.16. The van der Waals surface area contributed by atoms with Gasteiger partial charge >= 0.3 is 5.97 Å². The average molecular weight is 374 g/mol. The van der Waals surface area contributed by atoms with Crippen LogP contribution in [0, 0.1) is 13.8 Å². The molecule has 5 nitrogen and oxygen atoms in total. The minimum absolute atomic E-state index is 0.135. The first-order valence-electron chi connectivity index (χ1n) is 9.58. The standard InChI is InChI=1S/C20H27N3O2S/c1-13-11-15(14(2)22(13)10-6-9-19(24)25-3)18-12-26-20-21-16-7-4-5-8-17(16)23(18)20/h11-12,16-17H,4-10H2,1-3H3/t16-,17+/m0/s1. The second kappa shape index (κ2) is 7.14. The van der Waals surface area contributed by atoms with Gasteiger partial charge in [-0.2, -0.15) is 0 Å². The lowest BCUT2D eigenvalue weighted by Crippen LogP contribution is -2.38. The van der Waals surface area contributed by atoms with Crippen molar-refractivity contribution < 1.29 is 9.53 Å². The molecule has 1 aromatic rings. The van der Waals surface area contributed by atoms with Gasteiger partial charge in [-0.1, -0.05) is 24.6 Å². The fourth-order valence-corrected chi connectivity index (χ4v) is 5.51. The molecule has 0 spiro atoms. The number of methoxy groups -OCH3 is 1. The summed E-state index contributed by atoms with van der Waals surface area (Å²) < 4.78 is 7.08. The molecule has 2 atom stereocenters. The number of aryl methyl sites for hydroxylation is 1. The Morgan fingerprint density at radius 3 is 2.96 bits per heavy atom. The number of hydrogen-bond donors (Lipinski definition) is 0. The van der Waals surface area contributed by atoms with E-state index >= 15 is 0 Å². The molecule has 1 saturated carbocycles. The number of fused-ring (bicyclic) bond motifs is 3. The Bertz CT molecular complexity index is 780. The van der Waals surface area contributed by atoms with Crippen LogP contribution in [0.1, 0.15) is 55.5 Å². The van der Waals surface area contributed by atoms with Crippen LogP contribution in [0.25, 0.3) is 5.70 Å². The molecule has 0 N–H and O–H groups in total. The van der Waals surface area contributed by atoms with E-state index in [1.807, 2.05) is 0 Å². The lowest BCUT2D eigenvalue weighted by molar-refractivity contribution is -0.140. The first kappa shape index (κ1) is 17.7. The Labute approximate surface area is 159 Å². The van der Waals surface area contributed by atoms with Crippen molar-refractivity contribution in [3.05, 3.63) is 28.4 Å². The van der Waals surface area contributed by atoms with Crippen molar-refractivity contribution in [1.29, 1.82) is 0 Å². The lowest BCUT2D eigenvalue weighted by Gasteiger charge is -2.32. The number of carbonyl (C=O) groups excluding carboxylic acids is 1. The van der Waals surface area contributed by atoms with Gasteiger partial charge in [-0.25, -0.2) is 0 Å². The van der Waals surface area contributed by atoms with Crippen LogP contribution >= 0.6 is 11.8 Å². The first-order valence-corrected chi connectivity index (χ1v) is 10.5. The summed E-state index contributed by atoms with van der Waals surface area (Å²) >= 11 is 1.77. The zero-order valence-corrected chi connectivity index (χ0v) is 16.6. The Balaban J connectivity index is 1.54. The molecule has 6 heteroatoms. The molecule has 0 aromatic carbocycles. The van der Waals surface area contributed by atoms with Crippen LogP contribution in [0.15, 0.2) is 16.5 Å². The number of aromatic nitrogens is 1. The average Bonchev–Trinajstić information content (AvgIpc) is 3.28. The second-order valence-corrected chi connectivity index (χ2v) is 8.27. The van der Waals surface area contributed by atoms with E-state index in [2.05, 4.69) is 34.8 Å². The molecule has 0 saturated heterocycles. The van der Waals surface area contributed by atoms with E-state index < -0.39 is 0 Å². The third-order valence-corrected chi connectivity index (χ3v) is 6.74. The SMILES string of the molecule is COC(=O)CCCn1c(C)cc(C2=CSC3=N[C@H]4CCCC[C@H]4N23)c1C. The summed E-state index contributed by atoms with van der Waals surface area (Å²) in [5.41, 5.74) is 5.15. The largest absolute Gasteiger partial charge is 0.469 e. The van der Waals surface area contributed by atoms with Gasteiger partial charge in [-0.05, 0) is 39.2 Å². The lowest BCUT2D eigenvalue weighted by atomic mass is 9.90. The Kier molecular flexibility index (Phi) is 4.86. The number of rotatable bonds is 5. The van der Waals surface area contributed by atoms with Gasteiger partial charge in [0, 0.05) is 35.3 Å². The van der Waals surface area contributed by atoms with Gasteiger partial charge in [0.1, 0.15) is 0 Å². The minimum Gasteiger partial charge on any atom is -0.469 e. The zero-order valence-electron chi connectivity index (χ0n) is 15.8. The molecule has 0 amide bonds. The Morgan fingerprint density at radius 1 is 1.35 bits per heavy atom. The van der Waals surface area contributed by atoms with Crippen molar-refractivity contribution in [3.63, 3.8) is 0 Å². The van der Waals surface area contributed by atoms with Gasteiger partial charge in [-0.3, -0.25) is 9.79 Å². The maximum absolute atomic E-state index is 11.4. The van der Waals surface area contributed by atoms with Crippen LogP contribution in [0.2, 0.25) is 0 Å². The monoisotopic (exact) mass is 373 g/mol. The van der Waals surface area contributed by atoms with Crippen LogP contribution in [0.4, 0.5) is 0 Å². The van der Waals surface area contributed by atoms with Crippen LogP contribution in [0.3, 0.4) is 0 Å². The molecule has 0 bridgehead atoms. The second-order valence-electron chi connectivity index (χ2n) is 7.44.